The molecule has 0 aliphatic carbocycles. The van der Waals surface area contributed by atoms with E-state index in [1.165, 1.54) is 12.1 Å². The molecule has 0 N–H and O–H groups in total. The Morgan fingerprint density at radius 1 is 1.47 bits per heavy atom. The summed E-state index contributed by atoms with van der Waals surface area (Å²) in [7, 11) is 3.58. The molecule has 0 spiro atoms. The molecule has 0 amide bonds. The Hall–Kier alpha value is -2.11. The summed E-state index contributed by atoms with van der Waals surface area (Å²) in [5.41, 5.74) is 1.05. The van der Waals surface area contributed by atoms with Crippen molar-refractivity contribution in [2.45, 2.75) is 0 Å². The van der Waals surface area contributed by atoms with Gasteiger partial charge in [-0.2, -0.15) is 4.98 Å². The summed E-state index contributed by atoms with van der Waals surface area (Å²) in [4.78, 5) is 15.9. The zero-order chi connectivity index (χ0) is 11.0. The van der Waals surface area contributed by atoms with Crippen LogP contribution < -0.4 is 4.90 Å². The van der Waals surface area contributed by atoms with Crippen molar-refractivity contribution in [3.05, 3.63) is 28.3 Å². The Morgan fingerprint density at radius 2 is 2.20 bits per heavy atom. The number of aromatic nitrogens is 1. The minimum Gasteiger partial charge on any atom is -0.423 e. The maximum absolute atomic E-state index is 10.5. The van der Waals surface area contributed by atoms with Gasteiger partial charge in [0.05, 0.1) is 4.92 Å². The number of hydrogen-bond donors (Lipinski definition) is 0. The molecule has 15 heavy (non-hydrogen) atoms. The van der Waals surface area contributed by atoms with Crippen LogP contribution in [0.25, 0.3) is 11.1 Å². The maximum Gasteiger partial charge on any atom is 0.297 e. The number of rotatable bonds is 2. The van der Waals surface area contributed by atoms with Gasteiger partial charge in [-0.1, -0.05) is 0 Å². The number of nitro groups is 1. The van der Waals surface area contributed by atoms with Gasteiger partial charge in [0, 0.05) is 26.2 Å². The topological polar surface area (TPSA) is 72.4 Å². The van der Waals surface area contributed by atoms with Gasteiger partial charge >= 0.3 is 0 Å². The highest BCUT2D eigenvalue weighted by Gasteiger charge is 2.11. The monoisotopic (exact) mass is 207 g/mol. The first-order chi connectivity index (χ1) is 7.08. The average Bonchev–Trinajstić information content (AvgIpc) is 2.59. The Kier molecular flexibility index (Phi) is 2.03. The Labute approximate surface area is 85.3 Å². The second-order valence-electron chi connectivity index (χ2n) is 3.30. The van der Waals surface area contributed by atoms with Crippen molar-refractivity contribution < 1.29 is 9.34 Å². The molecule has 6 nitrogen and oxygen atoms in total. The molecular weight excluding hydrogens is 198 g/mol. The fourth-order valence-corrected chi connectivity index (χ4v) is 1.21. The Morgan fingerprint density at radius 3 is 2.80 bits per heavy atom. The highest BCUT2D eigenvalue weighted by atomic mass is 16.6. The molecule has 1 heterocycles. The van der Waals surface area contributed by atoms with Gasteiger partial charge in [0.15, 0.2) is 5.58 Å². The van der Waals surface area contributed by atoms with Gasteiger partial charge in [-0.3, -0.25) is 10.1 Å². The average molecular weight is 207 g/mol. The number of nitro benzene ring substituents is 1. The first-order valence-corrected chi connectivity index (χ1v) is 4.30. The molecule has 0 aliphatic heterocycles. The molecule has 0 aliphatic rings. The van der Waals surface area contributed by atoms with Gasteiger partial charge in [0.1, 0.15) is 5.52 Å². The highest BCUT2D eigenvalue weighted by Crippen LogP contribution is 2.24. The normalized spacial score (nSPS) is 10.5. The van der Waals surface area contributed by atoms with Gasteiger partial charge in [0.2, 0.25) is 0 Å². The molecule has 6 heteroatoms. The Balaban J connectivity index is 2.57. The number of hydrogen-bond acceptors (Lipinski definition) is 5. The van der Waals surface area contributed by atoms with E-state index in [1.807, 2.05) is 0 Å². The van der Waals surface area contributed by atoms with Crippen molar-refractivity contribution in [3.63, 3.8) is 0 Å². The van der Waals surface area contributed by atoms with Crippen LogP contribution in [0.4, 0.5) is 11.7 Å². The zero-order valence-corrected chi connectivity index (χ0v) is 8.30. The van der Waals surface area contributed by atoms with E-state index in [1.54, 1.807) is 25.1 Å². The molecule has 1 aromatic carbocycles. The largest absolute Gasteiger partial charge is 0.423 e. The fraction of sp³-hybridized carbons (Fsp3) is 0.222. The van der Waals surface area contributed by atoms with E-state index in [0.717, 1.165) is 0 Å². The van der Waals surface area contributed by atoms with Crippen LogP contribution in [0.1, 0.15) is 0 Å². The SMILES string of the molecule is CN(C)c1nc2cc([N+](=O)[O-])ccc2o1. The predicted molar refractivity (Wildman–Crippen MR) is 55.0 cm³/mol. The van der Waals surface area contributed by atoms with Gasteiger partial charge < -0.3 is 9.32 Å². The van der Waals surface area contributed by atoms with Gasteiger partial charge in [-0.25, -0.2) is 0 Å². The van der Waals surface area contributed by atoms with Crippen molar-refractivity contribution in [2.24, 2.45) is 0 Å². The number of non-ortho nitro benzene ring substituents is 1. The van der Waals surface area contributed by atoms with Crippen LogP contribution in [0.2, 0.25) is 0 Å². The summed E-state index contributed by atoms with van der Waals surface area (Å²) in [6, 6.07) is 4.78. The summed E-state index contributed by atoms with van der Waals surface area (Å²) in [6.07, 6.45) is 0. The predicted octanol–water partition coefficient (Wildman–Crippen LogP) is 1.80. The minimum absolute atomic E-state index is 0.0149. The summed E-state index contributed by atoms with van der Waals surface area (Å²) >= 11 is 0. The Bertz CT molecular complexity index is 518. The van der Waals surface area contributed by atoms with Gasteiger partial charge in [-0.15, -0.1) is 0 Å². The van der Waals surface area contributed by atoms with Crippen LogP contribution in [-0.4, -0.2) is 24.0 Å². The highest BCUT2D eigenvalue weighted by molar-refractivity contribution is 5.77. The smallest absolute Gasteiger partial charge is 0.297 e. The molecular formula is C9H9N3O3. The zero-order valence-electron chi connectivity index (χ0n) is 8.30. The van der Waals surface area contributed by atoms with Crippen molar-refractivity contribution in [3.8, 4) is 0 Å². The van der Waals surface area contributed by atoms with Crippen molar-refractivity contribution >= 4 is 22.8 Å². The van der Waals surface area contributed by atoms with E-state index in [0.29, 0.717) is 17.1 Å². The van der Waals surface area contributed by atoms with Crippen LogP contribution >= 0.6 is 0 Å². The number of fused-ring (bicyclic) bond motifs is 1. The molecule has 0 bridgehead atoms. The summed E-state index contributed by atoms with van der Waals surface area (Å²) in [6.45, 7) is 0. The van der Waals surface area contributed by atoms with E-state index < -0.39 is 4.92 Å². The van der Waals surface area contributed by atoms with E-state index in [2.05, 4.69) is 4.98 Å². The van der Waals surface area contributed by atoms with Crippen LogP contribution in [-0.2, 0) is 0 Å². The van der Waals surface area contributed by atoms with Crippen LogP contribution in [0, 0.1) is 10.1 Å². The standard InChI is InChI=1S/C9H9N3O3/c1-11(2)9-10-7-5-6(12(13)14)3-4-8(7)15-9/h3-5H,1-2H3. The first kappa shape index (κ1) is 9.45. The lowest BCUT2D eigenvalue weighted by Gasteiger charge is -2.03. The van der Waals surface area contributed by atoms with Gasteiger partial charge in [0.25, 0.3) is 11.7 Å². The number of oxazole rings is 1. The molecule has 2 rings (SSSR count). The lowest BCUT2D eigenvalue weighted by atomic mass is 10.3. The van der Waals surface area contributed by atoms with Crippen LogP contribution in [0.15, 0.2) is 22.6 Å². The first-order valence-electron chi connectivity index (χ1n) is 4.30. The van der Waals surface area contributed by atoms with Crippen molar-refractivity contribution in [2.75, 3.05) is 19.0 Å². The molecule has 0 atom stereocenters. The summed E-state index contributed by atoms with van der Waals surface area (Å²) < 4.78 is 5.36. The van der Waals surface area contributed by atoms with Crippen LogP contribution in [0.5, 0.6) is 0 Å². The molecule has 0 saturated carbocycles. The van der Waals surface area contributed by atoms with E-state index >= 15 is 0 Å². The van der Waals surface area contributed by atoms with Gasteiger partial charge in [-0.05, 0) is 6.07 Å². The van der Waals surface area contributed by atoms with Crippen LogP contribution in [0.3, 0.4) is 0 Å². The lowest BCUT2D eigenvalue weighted by Crippen LogP contribution is -2.08. The third kappa shape index (κ3) is 1.61. The lowest BCUT2D eigenvalue weighted by molar-refractivity contribution is -0.384. The second-order valence-corrected chi connectivity index (χ2v) is 3.30. The quantitative estimate of drug-likeness (QED) is 0.554. The van der Waals surface area contributed by atoms with Crippen molar-refractivity contribution in [1.29, 1.82) is 0 Å². The molecule has 1 aromatic heterocycles. The van der Waals surface area contributed by atoms with E-state index in [-0.39, 0.29) is 5.69 Å². The minimum atomic E-state index is -0.455. The van der Waals surface area contributed by atoms with E-state index in [4.69, 9.17) is 4.42 Å². The molecule has 0 saturated heterocycles. The second kappa shape index (κ2) is 3.23. The molecule has 0 unspecified atom stereocenters. The molecule has 0 fully saturated rings. The molecule has 0 radical (unpaired) electrons. The summed E-state index contributed by atoms with van der Waals surface area (Å²) in [5.74, 6) is 0. The van der Waals surface area contributed by atoms with Crippen molar-refractivity contribution in [1.82, 2.24) is 4.98 Å². The third-order valence-electron chi connectivity index (χ3n) is 1.95. The fourth-order valence-electron chi connectivity index (χ4n) is 1.21. The van der Waals surface area contributed by atoms with E-state index in [9.17, 15) is 10.1 Å². The third-order valence-corrected chi connectivity index (χ3v) is 1.95. The molecule has 78 valence electrons. The number of anilines is 1. The molecule has 2 aromatic rings. The maximum atomic E-state index is 10.5. The number of nitrogens with zero attached hydrogens (tertiary/aromatic N) is 3. The summed E-state index contributed by atoms with van der Waals surface area (Å²) in [5, 5.41) is 10.5. The number of benzene rings is 1.